The average Bonchev–Trinajstić information content (AvgIpc) is 2.77. The van der Waals surface area contributed by atoms with Crippen molar-refractivity contribution in [1.29, 1.82) is 0 Å². The van der Waals surface area contributed by atoms with E-state index in [0.717, 1.165) is 23.2 Å². The van der Waals surface area contributed by atoms with Gasteiger partial charge in [-0.2, -0.15) is 0 Å². The number of fused-ring (bicyclic) bond motifs is 1. The Morgan fingerprint density at radius 1 is 0.966 bits per heavy atom. The molecule has 1 aliphatic heterocycles. The highest BCUT2D eigenvalue weighted by atomic mass is 35.5. The molecule has 2 amide bonds. The molecule has 1 aliphatic carbocycles. The van der Waals surface area contributed by atoms with Crippen molar-refractivity contribution in [2.45, 2.75) is 44.9 Å². The number of amides is 2. The Labute approximate surface area is 177 Å². The molecule has 154 valence electrons. The maximum atomic E-state index is 12.9. The molecule has 0 bridgehead atoms. The van der Waals surface area contributed by atoms with E-state index in [9.17, 15) is 9.59 Å². The van der Waals surface area contributed by atoms with E-state index in [2.05, 4.69) is 4.98 Å². The molecule has 1 aromatic heterocycles. The Morgan fingerprint density at radius 3 is 2.45 bits per heavy atom. The lowest BCUT2D eigenvalue weighted by atomic mass is 9.86. The van der Waals surface area contributed by atoms with E-state index in [0.29, 0.717) is 43.3 Å². The summed E-state index contributed by atoms with van der Waals surface area (Å²) in [5.74, 6) is 0.986. The molecule has 6 heteroatoms. The fourth-order valence-corrected chi connectivity index (χ4v) is 4.69. The van der Waals surface area contributed by atoms with Crippen LogP contribution < -0.4 is 0 Å². The summed E-state index contributed by atoms with van der Waals surface area (Å²) in [5.41, 5.74) is 1.43. The van der Waals surface area contributed by atoms with Crippen molar-refractivity contribution < 1.29 is 9.59 Å². The summed E-state index contributed by atoms with van der Waals surface area (Å²) in [5, 5.41) is 1.35. The molecule has 2 aliphatic rings. The van der Waals surface area contributed by atoms with Crippen molar-refractivity contribution in [3.05, 3.63) is 41.0 Å². The molecule has 0 radical (unpaired) electrons. The average molecular weight is 414 g/mol. The normalized spacial score (nSPS) is 18.2. The summed E-state index contributed by atoms with van der Waals surface area (Å²) < 4.78 is 0. The molecule has 4 rings (SSSR count). The Bertz CT molecular complexity index is 887. The number of hydrogen-bond acceptors (Lipinski definition) is 3. The van der Waals surface area contributed by atoms with E-state index >= 15 is 0 Å². The summed E-state index contributed by atoms with van der Waals surface area (Å²) in [6, 6.07) is 9.11. The number of benzene rings is 1. The van der Waals surface area contributed by atoms with Gasteiger partial charge in [-0.1, -0.05) is 43.7 Å². The number of aromatic nitrogens is 1. The number of halogens is 1. The van der Waals surface area contributed by atoms with E-state index in [-0.39, 0.29) is 11.8 Å². The number of nitrogens with zero attached hydrogens (tertiary/aromatic N) is 3. The zero-order valence-corrected chi connectivity index (χ0v) is 17.5. The lowest BCUT2D eigenvalue weighted by molar-refractivity contribution is -0.133. The number of carbonyl (C=O) groups is 2. The van der Waals surface area contributed by atoms with Crippen LogP contribution >= 0.6 is 11.6 Å². The molecule has 0 spiro atoms. The first-order valence-electron chi connectivity index (χ1n) is 10.7. The molecule has 1 saturated carbocycles. The lowest BCUT2D eigenvalue weighted by Gasteiger charge is -2.35. The van der Waals surface area contributed by atoms with Crippen LogP contribution in [0.5, 0.6) is 0 Å². The van der Waals surface area contributed by atoms with E-state index in [1.54, 1.807) is 12.1 Å². The molecule has 29 heavy (non-hydrogen) atoms. The molecule has 2 heterocycles. The molecule has 1 saturated heterocycles. The van der Waals surface area contributed by atoms with Gasteiger partial charge in [-0.15, -0.1) is 0 Å². The van der Waals surface area contributed by atoms with Crippen LogP contribution in [0.15, 0.2) is 30.3 Å². The van der Waals surface area contributed by atoms with Gasteiger partial charge in [0.2, 0.25) is 5.91 Å². The summed E-state index contributed by atoms with van der Waals surface area (Å²) in [7, 11) is 0. The topological polar surface area (TPSA) is 53.5 Å². The highest BCUT2D eigenvalue weighted by molar-refractivity contribution is 6.29. The van der Waals surface area contributed by atoms with Crippen LogP contribution in [0, 0.1) is 5.92 Å². The van der Waals surface area contributed by atoms with Gasteiger partial charge in [-0.3, -0.25) is 9.59 Å². The fourth-order valence-electron chi connectivity index (χ4n) is 4.54. The lowest BCUT2D eigenvalue weighted by Crippen LogP contribution is -2.50. The van der Waals surface area contributed by atoms with Crippen molar-refractivity contribution in [2.24, 2.45) is 5.92 Å². The largest absolute Gasteiger partial charge is 0.339 e. The highest BCUT2D eigenvalue weighted by Crippen LogP contribution is 2.27. The quantitative estimate of drug-likeness (QED) is 0.692. The predicted molar refractivity (Wildman–Crippen MR) is 115 cm³/mol. The molecule has 2 fully saturated rings. The minimum atomic E-state index is 0.0103. The monoisotopic (exact) mass is 413 g/mol. The third-order valence-electron chi connectivity index (χ3n) is 6.31. The smallest absolute Gasteiger partial charge is 0.253 e. The van der Waals surface area contributed by atoms with Gasteiger partial charge in [0.05, 0.1) is 5.52 Å². The third kappa shape index (κ3) is 4.89. The number of pyridine rings is 1. The van der Waals surface area contributed by atoms with Crippen molar-refractivity contribution >= 4 is 34.3 Å². The second kappa shape index (κ2) is 9.12. The molecular formula is C23H28ClN3O2. The number of rotatable bonds is 4. The Kier molecular flexibility index (Phi) is 6.34. The van der Waals surface area contributed by atoms with Gasteiger partial charge in [-0.05, 0) is 42.7 Å². The Hall–Kier alpha value is -2.14. The van der Waals surface area contributed by atoms with Gasteiger partial charge in [0, 0.05) is 43.5 Å². The predicted octanol–water partition coefficient (Wildman–Crippen LogP) is 4.53. The first-order valence-corrected chi connectivity index (χ1v) is 11.1. The minimum absolute atomic E-state index is 0.0103. The van der Waals surface area contributed by atoms with Gasteiger partial charge < -0.3 is 9.80 Å². The van der Waals surface area contributed by atoms with E-state index in [4.69, 9.17) is 11.6 Å². The SMILES string of the molecule is O=C(CCC1CCCCC1)N1CCN(C(=O)c2ccc3nc(Cl)ccc3c2)CC1. The second-order valence-electron chi connectivity index (χ2n) is 8.26. The van der Waals surface area contributed by atoms with Crippen LogP contribution in [0.25, 0.3) is 10.9 Å². The summed E-state index contributed by atoms with van der Waals surface area (Å²) in [6.07, 6.45) is 8.22. The zero-order valence-electron chi connectivity index (χ0n) is 16.8. The van der Waals surface area contributed by atoms with Crippen LogP contribution in [0.1, 0.15) is 55.3 Å². The van der Waals surface area contributed by atoms with E-state index in [1.807, 2.05) is 28.0 Å². The van der Waals surface area contributed by atoms with Crippen molar-refractivity contribution in [3.63, 3.8) is 0 Å². The van der Waals surface area contributed by atoms with Crippen LogP contribution in [0.3, 0.4) is 0 Å². The summed E-state index contributed by atoms with van der Waals surface area (Å²) in [6.45, 7) is 2.43. The maximum absolute atomic E-state index is 12.9. The standard InChI is InChI=1S/C23H28ClN3O2/c24-21-10-8-18-16-19(7-9-20(18)25-21)23(29)27-14-12-26(13-15-27)22(28)11-6-17-4-2-1-3-5-17/h7-10,16-17H,1-6,11-15H2. The van der Waals surface area contributed by atoms with Gasteiger partial charge in [0.25, 0.3) is 5.91 Å². The van der Waals surface area contributed by atoms with Gasteiger partial charge in [-0.25, -0.2) is 4.98 Å². The number of carbonyl (C=O) groups excluding carboxylic acids is 2. The Balaban J connectivity index is 1.30. The zero-order chi connectivity index (χ0) is 20.2. The first-order chi connectivity index (χ1) is 14.1. The van der Waals surface area contributed by atoms with Crippen molar-refractivity contribution in [2.75, 3.05) is 26.2 Å². The molecule has 0 atom stereocenters. The fraction of sp³-hybridized carbons (Fsp3) is 0.522. The first kappa shape index (κ1) is 20.1. The second-order valence-corrected chi connectivity index (χ2v) is 8.64. The maximum Gasteiger partial charge on any atom is 0.253 e. The van der Waals surface area contributed by atoms with Crippen LogP contribution in [-0.4, -0.2) is 52.8 Å². The Morgan fingerprint density at radius 2 is 1.69 bits per heavy atom. The number of piperazine rings is 1. The van der Waals surface area contributed by atoms with Gasteiger partial charge in [0.15, 0.2) is 0 Å². The van der Waals surface area contributed by atoms with Crippen LogP contribution in [0.4, 0.5) is 0 Å². The summed E-state index contributed by atoms with van der Waals surface area (Å²) in [4.78, 5) is 33.5. The molecule has 0 unspecified atom stereocenters. The molecule has 0 N–H and O–H groups in total. The highest BCUT2D eigenvalue weighted by Gasteiger charge is 2.25. The van der Waals surface area contributed by atoms with E-state index < -0.39 is 0 Å². The van der Waals surface area contributed by atoms with Gasteiger partial charge in [0.1, 0.15) is 5.15 Å². The third-order valence-corrected chi connectivity index (χ3v) is 6.52. The molecular weight excluding hydrogens is 386 g/mol. The number of hydrogen-bond donors (Lipinski definition) is 0. The molecule has 5 nitrogen and oxygen atoms in total. The minimum Gasteiger partial charge on any atom is -0.339 e. The van der Waals surface area contributed by atoms with Gasteiger partial charge >= 0.3 is 0 Å². The molecule has 1 aromatic carbocycles. The van der Waals surface area contributed by atoms with Crippen molar-refractivity contribution in [3.8, 4) is 0 Å². The summed E-state index contributed by atoms with van der Waals surface area (Å²) >= 11 is 5.93. The molecule has 2 aromatic rings. The van der Waals surface area contributed by atoms with E-state index in [1.165, 1.54) is 32.1 Å². The van der Waals surface area contributed by atoms with Crippen molar-refractivity contribution in [1.82, 2.24) is 14.8 Å². The van der Waals surface area contributed by atoms with Crippen LogP contribution in [0.2, 0.25) is 5.15 Å². The van der Waals surface area contributed by atoms with Crippen LogP contribution in [-0.2, 0) is 4.79 Å².